The summed E-state index contributed by atoms with van der Waals surface area (Å²) in [7, 11) is 0. The maximum Gasteiger partial charge on any atom is 0.224 e. The summed E-state index contributed by atoms with van der Waals surface area (Å²) in [5, 5.41) is 6.34. The van der Waals surface area contributed by atoms with Gasteiger partial charge in [0.1, 0.15) is 0 Å². The van der Waals surface area contributed by atoms with E-state index in [2.05, 4.69) is 36.6 Å². The Morgan fingerprint density at radius 3 is 2.65 bits per heavy atom. The van der Waals surface area contributed by atoms with Crippen molar-refractivity contribution >= 4 is 28.6 Å². The number of benzene rings is 1. The first-order valence-corrected chi connectivity index (χ1v) is 7.63. The van der Waals surface area contributed by atoms with Crippen LogP contribution < -0.4 is 10.6 Å². The van der Waals surface area contributed by atoms with Gasteiger partial charge in [-0.2, -0.15) is 0 Å². The molecule has 0 fully saturated rings. The van der Waals surface area contributed by atoms with E-state index < -0.39 is 0 Å². The van der Waals surface area contributed by atoms with Gasteiger partial charge in [0.25, 0.3) is 0 Å². The molecule has 106 valence electrons. The molecule has 0 aliphatic rings. The molecule has 1 amide bonds. The molecule has 0 spiro atoms. The summed E-state index contributed by atoms with van der Waals surface area (Å²) < 4.78 is 0. The molecule has 1 atom stereocenters. The fourth-order valence-electron chi connectivity index (χ4n) is 1.94. The number of nitrogens with one attached hydrogen (secondary N) is 2. The molecule has 20 heavy (non-hydrogen) atoms. The maximum absolute atomic E-state index is 11.4. The first kappa shape index (κ1) is 14.6. The van der Waals surface area contributed by atoms with Gasteiger partial charge in [0.15, 0.2) is 0 Å². The molecule has 0 aliphatic heterocycles. The Morgan fingerprint density at radius 2 is 2.00 bits per heavy atom. The fraction of sp³-hybridized carbons (Fsp3) is 0.312. The third-order valence-corrected chi connectivity index (χ3v) is 4.22. The normalized spacial score (nSPS) is 11.9. The Balaban J connectivity index is 2.05. The van der Waals surface area contributed by atoms with Crippen LogP contribution in [0, 0.1) is 6.92 Å². The third-order valence-electron chi connectivity index (χ3n) is 3.04. The summed E-state index contributed by atoms with van der Waals surface area (Å²) in [5.74, 6) is 0.0316. The van der Waals surface area contributed by atoms with Gasteiger partial charge >= 0.3 is 0 Å². The Kier molecular flexibility index (Phi) is 4.79. The van der Waals surface area contributed by atoms with Gasteiger partial charge in [-0.25, -0.2) is 0 Å². The highest BCUT2D eigenvalue weighted by Crippen LogP contribution is 2.26. The monoisotopic (exact) mass is 288 g/mol. The van der Waals surface area contributed by atoms with Crippen LogP contribution in [0.3, 0.4) is 0 Å². The summed E-state index contributed by atoms with van der Waals surface area (Å²) in [4.78, 5) is 14.0. The standard InChI is InChI=1S/C16H20N2OS/c1-4-16(19)18-14-7-5-6-13(10-14)17-12(3)15-9-8-11(2)20-15/h5-10,12,17H,4H2,1-3H3,(H,18,19). The average molecular weight is 288 g/mol. The van der Waals surface area contributed by atoms with E-state index in [1.165, 1.54) is 9.75 Å². The van der Waals surface area contributed by atoms with Crippen LogP contribution in [0.25, 0.3) is 0 Å². The van der Waals surface area contributed by atoms with Gasteiger partial charge in [-0.1, -0.05) is 13.0 Å². The van der Waals surface area contributed by atoms with E-state index in [1.807, 2.05) is 31.2 Å². The highest BCUT2D eigenvalue weighted by molar-refractivity contribution is 7.12. The molecule has 0 bridgehead atoms. The second-order valence-electron chi connectivity index (χ2n) is 4.80. The van der Waals surface area contributed by atoms with Crippen LogP contribution in [0.5, 0.6) is 0 Å². The van der Waals surface area contributed by atoms with Gasteiger partial charge in [0.2, 0.25) is 5.91 Å². The number of amides is 1. The maximum atomic E-state index is 11.4. The van der Waals surface area contributed by atoms with Gasteiger partial charge in [-0.3, -0.25) is 4.79 Å². The number of hydrogen-bond donors (Lipinski definition) is 2. The molecule has 1 unspecified atom stereocenters. The van der Waals surface area contributed by atoms with Crippen molar-refractivity contribution in [2.75, 3.05) is 10.6 Å². The van der Waals surface area contributed by atoms with Gasteiger partial charge in [-0.15, -0.1) is 11.3 Å². The van der Waals surface area contributed by atoms with Crippen molar-refractivity contribution in [1.29, 1.82) is 0 Å². The van der Waals surface area contributed by atoms with Crippen LogP contribution in [0.15, 0.2) is 36.4 Å². The van der Waals surface area contributed by atoms with Crippen LogP contribution in [0.4, 0.5) is 11.4 Å². The number of carbonyl (C=O) groups is 1. The Morgan fingerprint density at radius 1 is 1.25 bits per heavy atom. The van der Waals surface area contributed by atoms with Crippen molar-refractivity contribution in [3.05, 3.63) is 46.2 Å². The summed E-state index contributed by atoms with van der Waals surface area (Å²) >= 11 is 1.80. The number of carbonyl (C=O) groups excluding carboxylic acids is 1. The zero-order valence-corrected chi connectivity index (χ0v) is 12.9. The van der Waals surface area contributed by atoms with Crippen LogP contribution >= 0.6 is 11.3 Å². The van der Waals surface area contributed by atoms with Crippen molar-refractivity contribution in [3.63, 3.8) is 0 Å². The van der Waals surface area contributed by atoms with Crippen LogP contribution in [-0.4, -0.2) is 5.91 Å². The van der Waals surface area contributed by atoms with Crippen molar-refractivity contribution in [3.8, 4) is 0 Å². The van der Waals surface area contributed by atoms with Gasteiger partial charge in [-0.05, 0) is 44.2 Å². The zero-order chi connectivity index (χ0) is 14.5. The molecule has 0 saturated heterocycles. The van der Waals surface area contributed by atoms with E-state index in [1.54, 1.807) is 11.3 Å². The van der Waals surface area contributed by atoms with E-state index in [0.717, 1.165) is 11.4 Å². The molecule has 1 heterocycles. The van der Waals surface area contributed by atoms with Crippen LogP contribution in [0.2, 0.25) is 0 Å². The molecule has 0 saturated carbocycles. The smallest absolute Gasteiger partial charge is 0.224 e. The van der Waals surface area contributed by atoms with E-state index in [-0.39, 0.29) is 11.9 Å². The number of aryl methyl sites for hydroxylation is 1. The molecular formula is C16H20N2OS. The summed E-state index contributed by atoms with van der Waals surface area (Å²) in [6.45, 7) is 6.10. The lowest BCUT2D eigenvalue weighted by molar-refractivity contribution is -0.115. The lowest BCUT2D eigenvalue weighted by Crippen LogP contribution is -2.10. The minimum Gasteiger partial charge on any atom is -0.378 e. The van der Waals surface area contributed by atoms with Crippen molar-refractivity contribution < 1.29 is 4.79 Å². The Hall–Kier alpha value is -1.81. The van der Waals surface area contributed by atoms with E-state index in [0.29, 0.717) is 6.42 Å². The molecule has 2 aromatic rings. The third kappa shape index (κ3) is 3.84. The molecule has 1 aromatic carbocycles. The SMILES string of the molecule is CCC(=O)Nc1cccc(NC(C)c2ccc(C)s2)c1. The van der Waals surface area contributed by atoms with E-state index in [4.69, 9.17) is 0 Å². The molecule has 0 aliphatic carbocycles. The molecule has 1 aromatic heterocycles. The largest absolute Gasteiger partial charge is 0.378 e. The number of thiophene rings is 1. The van der Waals surface area contributed by atoms with Gasteiger partial charge < -0.3 is 10.6 Å². The minimum atomic E-state index is 0.0316. The second kappa shape index (κ2) is 6.57. The van der Waals surface area contributed by atoms with Crippen LogP contribution in [-0.2, 0) is 4.79 Å². The van der Waals surface area contributed by atoms with Gasteiger partial charge in [0.05, 0.1) is 6.04 Å². The molecule has 2 rings (SSSR count). The lowest BCUT2D eigenvalue weighted by Gasteiger charge is -2.15. The van der Waals surface area contributed by atoms with Crippen LogP contribution in [0.1, 0.15) is 36.1 Å². The Labute approximate surface area is 124 Å². The second-order valence-corrected chi connectivity index (χ2v) is 6.12. The minimum absolute atomic E-state index is 0.0316. The summed E-state index contributed by atoms with van der Waals surface area (Å²) in [5.41, 5.74) is 1.84. The topological polar surface area (TPSA) is 41.1 Å². The number of anilines is 2. The molecular weight excluding hydrogens is 268 g/mol. The molecule has 0 radical (unpaired) electrons. The molecule has 3 nitrogen and oxygen atoms in total. The van der Waals surface area contributed by atoms with Gasteiger partial charge in [0, 0.05) is 27.5 Å². The highest BCUT2D eigenvalue weighted by atomic mass is 32.1. The molecule has 2 N–H and O–H groups in total. The summed E-state index contributed by atoms with van der Waals surface area (Å²) in [6.07, 6.45) is 0.489. The predicted molar refractivity (Wildman–Crippen MR) is 86.5 cm³/mol. The highest BCUT2D eigenvalue weighted by Gasteiger charge is 2.08. The lowest BCUT2D eigenvalue weighted by atomic mass is 10.2. The average Bonchev–Trinajstić information content (AvgIpc) is 2.86. The first-order valence-electron chi connectivity index (χ1n) is 6.81. The fourth-order valence-corrected chi connectivity index (χ4v) is 2.82. The van der Waals surface area contributed by atoms with Crippen molar-refractivity contribution in [1.82, 2.24) is 0 Å². The van der Waals surface area contributed by atoms with E-state index in [9.17, 15) is 4.79 Å². The van der Waals surface area contributed by atoms with Crippen molar-refractivity contribution in [2.24, 2.45) is 0 Å². The van der Waals surface area contributed by atoms with E-state index >= 15 is 0 Å². The summed E-state index contributed by atoms with van der Waals surface area (Å²) in [6, 6.07) is 12.4. The number of rotatable bonds is 5. The zero-order valence-electron chi connectivity index (χ0n) is 12.1. The van der Waals surface area contributed by atoms with Crippen molar-refractivity contribution in [2.45, 2.75) is 33.2 Å². The Bertz CT molecular complexity index is 592. The molecule has 4 heteroatoms. The number of hydrogen-bond acceptors (Lipinski definition) is 3. The quantitative estimate of drug-likeness (QED) is 0.845. The predicted octanol–water partition coefficient (Wildman–Crippen LogP) is 4.58. The first-order chi connectivity index (χ1) is 9.58.